The van der Waals surface area contributed by atoms with E-state index in [0.29, 0.717) is 30.3 Å². The molecule has 2 heterocycles. The maximum absolute atomic E-state index is 12.3. The van der Waals surface area contributed by atoms with Gasteiger partial charge >= 0.3 is 0 Å². The molecule has 6 nitrogen and oxygen atoms in total. The first kappa shape index (κ1) is 15.1. The second-order valence-electron chi connectivity index (χ2n) is 5.46. The fourth-order valence-electron chi connectivity index (χ4n) is 2.38. The van der Waals surface area contributed by atoms with E-state index >= 15 is 0 Å². The zero-order valence-corrected chi connectivity index (χ0v) is 13.0. The third-order valence-electron chi connectivity index (χ3n) is 3.78. The first-order chi connectivity index (χ1) is 11.0. The number of nitrogens with zero attached hydrogens (tertiary/aromatic N) is 1. The van der Waals surface area contributed by atoms with Crippen LogP contribution in [0.1, 0.15) is 28.9 Å². The van der Waals surface area contributed by atoms with Gasteiger partial charge in [-0.05, 0) is 30.7 Å². The van der Waals surface area contributed by atoms with Crippen LogP contribution in [0, 0.1) is 0 Å². The number of rotatable bonds is 3. The van der Waals surface area contributed by atoms with Gasteiger partial charge < -0.3 is 19.4 Å². The van der Waals surface area contributed by atoms with E-state index in [-0.39, 0.29) is 17.5 Å². The standard InChI is InChI=1S/C17H18N2O4/c1-11(12-3-4-14-15(9-12)23-8-7-22-14)18-17(21)13-5-6-19(2)16(20)10-13/h3-6,9-11H,7-8H2,1-2H3,(H,18,21). The Balaban J connectivity index is 1.75. The summed E-state index contributed by atoms with van der Waals surface area (Å²) >= 11 is 0. The van der Waals surface area contributed by atoms with Crippen LogP contribution in [0.3, 0.4) is 0 Å². The molecule has 23 heavy (non-hydrogen) atoms. The predicted octanol–water partition coefficient (Wildman–Crippen LogP) is 1.65. The second kappa shape index (κ2) is 6.16. The summed E-state index contributed by atoms with van der Waals surface area (Å²) in [7, 11) is 1.64. The van der Waals surface area contributed by atoms with Crippen molar-refractivity contribution in [1.82, 2.24) is 9.88 Å². The Morgan fingerprint density at radius 1 is 1.17 bits per heavy atom. The van der Waals surface area contributed by atoms with Gasteiger partial charge in [-0.15, -0.1) is 0 Å². The van der Waals surface area contributed by atoms with Crippen molar-refractivity contribution in [2.45, 2.75) is 13.0 Å². The Bertz CT molecular complexity index is 797. The molecular weight excluding hydrogens is 296 g/mol. The normalized spacial score (nSPS) is 14.2. The topological polar surface area (TPSA) is 69.6 Å². The molecule has 1 amide bonds. The van der Waals surface area contributed by atoms with Gasteiger partial charge in [0.05, 0.1) is 6.04 Å². The zero-order valence-electron chi connectivity index (χ0n) is 13.0. The summed E-state index contributed by atoms with van der Waals surface area (Å²) in [5, 5.41) is 2.88. The number of carbonyl (C=O) groups excluding carboxylic acids is 1. The molecule has 0 bridgehead atoms. The molecule has 1 atom stereocenters. The fourth-order valence-corrected chi connectivity index (χ4v) is 2.38. The van der Waals surface area contributed by atoms with Gasteiger partial charge in [-0.25, -0.2) is 0 Å². The number of hydrogen-bond donors (Lipinski definition) is 1. The van der Waals surface area contributed by atoms with E-state index < -0.39 is 0 Å². The summed E-state index contributed by atoms with van der Waals surface area (Å²) in [6, 6.07) is 8.32. The number of hydrogen-bond acceptors (Lipinski definition) is 4. The smallest absolute Gasteiger partial charge is 0.252 e. The van der Waals surface area contributed by atoms with Gasteiger partial charge in [0.2, 0.25) is 0 Å². The average Bonchev–Trinajstić information content (AvgIpc) is 2.56. The van der Waals surface area contributed by atoms with Crippen LogP contribution in [0.25, 0.3) is 0 Å². The molecule has 1 unspecified atom stereocenters. The van der Waals surface area contributed by atoms with Crippen LogP contribution in [0.5, 0.6) is 11.5 Å². The van der Waals surface area contributed by atoms with E-state index in [1.807, 2.05) is 25.1 Å². The molecule has 6 heteroatoms. The lowest BCUT2D eigenvalue weighted by molar-refractivity contribution is 0.0939. The number of aryl methyl sites for hydroxylation is 1. The minimum absolute atomic E-state index is 0.218. The van der Waals surface area contributed by atoms with Crippen molar-refractivity contribution in [3.05, 3.63) is 58.0 Å². The van der Waals surface area contributed by atoms with Gasteiger partial charge in [0.15, 0.2) is 11.5 Å². The molecule has 1 aromatic heterocycles. The Labute approximate surface area is 133 Å². The van der Waals surface area contributed by atoms with Crippen molar-refractivity contribution < 1.29 is 14.3 Å². The summed E-state index contributed by atoms with van der Waals surface area (Å²) in [4.78, 5) is 23.9. The van der Waals surface area contributed by atoms with E-state index in [0.717, 1.165) is 5.56 Å². The van der Waals surface area contributed by atoms with Gasteiger partial charge in [-0.3, -0.25) is 9.59 Å². The molecule has 0 spiro atoms. The van der Waals surface area contributed by atoms with Crippen molar-refractivity contribution in [3.8, 4) is 11.5 Å². The number of amides is 1. The number of benzene rings is 1. The van der Waals surface area contributed by atoms with E-state index in [1.165, 1.54) is 10.6 Å². The van der Waals surface area contributed by atoms with Gasteiger partial charge in [0, 0.05) is 24.9 Å². The lowest BCUT2D eigenvalue weighted by Gasteiger charge is -2.21. The maximum Gasteiger partial charge on any atom is 0.252 e. The molecule has 1 aromatic carbocycles. The highest BCUT2D eigenvalue weighted by Gasteiger charge is 2.16. The van der Waals surface area contributed by atoms with Crippen LogP contribution in [0.15, 0.2) is 41.3 Å². The first-order valence-corrected chi connectivity index (χ1v) is 7.41. The molecule has 120 valence electrons. The highest BCUT2D eigenvalue weighted by atomic mass is 16.6. The van der Waals surface area contributed by atoms with Crippen LogP contribution in [0.4, 0.5) is 0 Å². The monoisotopic (exact) mass is 314 g/mol. The van der Waals surface area contributed by atoms with E-state index in [4.69, 9.17) is 9.47 Å². The molecule has 0 radical (unpaired) electrons. The summed E-state index contributed by atoms with van der Waals surface area (Å²) < 4.78 is 12.5. The average molecular weight is 314 g/mol. The van der Waals surface area contributed by atoms with Gasteiger partial charge in [0.25, 0.3) is 11.5 Å². The van der Waals surface area contributed by atoms with Crippen molar-refractivity contribution in [3.63, 3.8) is 0 Å². The largest absolute Gasteiger partial charge is 0.486 e. The number of pyridine rings is 1. The van der Waals surface area contributed by atoms with Gasteiger partial charge in [0.1, 0.15) is 13.2 Å². The highest BCUT2D eigenvalue weighted by molar-refractivity contribution is 5.94. The van der Waals surface area contributed by atoms with Gasteiger partial charge in [-0.1, -0.05) is 6.07 Å². The first-order valence-electron chi connectivity index (χ1n) is 7.41. The predicted molar refractivity (Wildman–Crippen MR) is 85.0 cm³/mol. The number of aromatic nitrogens is 1. The molecular formula is C17H18N2O4. The van der Waals surface area contributed by atoms with E-state index in [9.17, 15) is 9.59 Å². The Hall–Kier alpha value is -2.76. The minimum Gasteiger partial charge on any atom is -0.486 e. The molecule has 1 aliphatic heterocycles. The molecule has 0 aliphatic carbocycles. The number of carbonyl (C=O) groups is 1. The second-order valence-corrected chi connectivity index (χ2v) is 5.46. The maximum atomic E-state index is 12.3. The molecule has 0 fully saturated rings. The highest BCUT2D eigenvalue weighted by Crippen LogP contribution is 2.32. The van der Waals surface area contributed by atoms with Gasteiger partial charge in [-0.2, -0.15) is 0 Å². The fraction of sp³-hybridized carbons (Fsp3) is 0.294. The van der Waals surface area contributed by atoms with E-state index in [2.05, 4.69) is 5.32 Å². The van der Waals surface area contributed by atoms with Crippen LogP contribution in [-0.2, 0) is 7.05 Å². The third-order valence-corrected chi connectivity index (χ3v) is 3.78. The van der Waals surface area contributed by atoms with Crippen molar-refractivity contribution >= 4 is 5.91 Å². The molecule has 1 N–H and O–H groups in total. The molecule has 0 saturated carbocycles. The third kappa shape index (κ3) is 3.21. The van der Waals surface area contributed by atoms with Crippen LogP contribution < -0.4 is 20.3 Å². The van der Waals surface area contributed by atoms with Crippen LogP contribution in [-0.4, -0.2) is 23.7 Å². The minimum atomic E-state index is -0.287. The Morgan fingerprint density at radius 3 is 2.65 bits per heavy atom. The number of ether oxygens (including phenoxy) is 2. The van der Waals surface area contributed by atoms with Crippen LogP contribution in [0.2, 0.25) is 0 Å². The molecule has 1 aliphatic rings. The Morgan fingerprint density at radius 2 is 1.91 bits per heavy atom. The molecule has 3 rings (SSSR count). The number of fused-ring (bicyclic) bond motifs is 1. The number of nitrogens with one attached hydrogen (secondary N) is 1. The lowest BCUT2D eigenvalue weighted by Crippen LogP contribution is -2.28. The summed E-state index contributed by atoms with van der Waals surface area (Å²) in [6.07, 6.45) is 1.58. The summed E-state index contributed by atoms with van der Waals surface area (Å²) in [6.45, 7) is 2.94. The zero-order chi connectivity index (χ0) is 16.4. The molecule has 0 saturated heterocycles. The van der Waals surface area contributed by atoms with Crippen LogP contribution >= 0.6 is 0 Å². The summed E-state index contributed by atoms with van der Waals surface area (Å²) in [5.74, 6) is 1.11. The van der Waals surface area contributed by atoms with Crippen molar-refractivity contribution in [1.29, 1.82) is 0 Å². The summed E-state index contributed by atoms with van der Waals surface area (Å²) in [5.41, 5.74) is 1.04. The Kier molecular flexibility index (Phi) is 4.06. The SMILES string of the molecule is CC(NC(=O)c1ccn(C)c(=O)c1)c1ccc2c(c1)OCCO2. The quantitative estimate of drug-likeness (QED) is 0.935. The van der Waals surface area contributed by atoms with Crippen molar-refractivity contribution in [2.75, 3.05) is 13.2 Å². The molecule has 2 aromatic rings. The van der Waals surface area contributed by atoms with Crippen molar-refractivity contribution in [2.24, 2.45) is 7.05 Å². The van der Waals surface area contributed by atoms with E-state index in [1.54, 1.807) is 19.3 Å². The lowest BCUT2D eigenvalue weighted by atomic mass is 10.1.